The SMILES string of the molecule is CN(C)c1ccc(CNC(=O)C2CCc3c(sc4ncnc(Nc5ccc6[nH]ncc6c5)c34)C2)cc1. The number of aromatic nitrogens is 4. The van der Waals surface area contributed by atoms with Crippen molar-refractivity contribution in [2.45, 2.75) is 25.8 Å². The van der Waals surface area contributed by atoms with Gasteiger partial charge in [0.15, 0.2) is 0 Å². The van der Waals surface area contributed by atoms with Gasteiger partial charge in [0.2, 0.25) is 5.91 Å². The molecule has 0 aliphatic heterocycles. The van der Waals surface area contributed by atoms with Crippen molar-refractivity contribution in [3.05, 3.63) is 71.0 Å². The smallest absolute Gasteiger partial charge is 0.223 e. The van der Waals surface area contributed by atoms with E-state index in [9.17, 15) is 4.79 Å². The maximum absolute atomic E-state index is 13.0. The molecule has 6 rings (SSSR count). The molecule has 0 saturated heterocycles. The Balaban J connectivity index is 1.17. The number of fused-ring (bicyclic) bond motifs is 4. The first-order valence-electron chi connectivity index (χ1n) is 12.0. The van der Waals surface area contributed by atoms with E-state index in [0.717, 1.165) is 63.1 Å². The van der Waals surface area contributed by atoms with E-state index >= 15 is 0 Å². The third-order valence-corrected chi connectivity index (χ3v) is 8.00. The second-order valence-corrected chi connectivity index (χ2v) is 10.5. The number of thiophene rings is 1. The summed E-state index contributed by atoms with van der Waals surface area (Å²) in [5.41, 5.74) is 5.47. The van der Waals surface area contributed by atoms with Gasteiger partial charge in [0.25, 0.3) is 0 Å². The van der Waals surface area contributed by atoms with Gasteiger partial charge in [-0.1, -0.05) is 12.1 Å². The van der Waals surface area contributed by atoms with Crippen LogP contribution in [-0.4, -0.2) is 40.2 Å². The first-order valence-corrected chi connectivity index (χ1v) is 12.9. The average molecular weight is 498 g/mol. The summed E-state index contributed by atoms with van der Waals surface area (Å²) in [5.74, 6) is 0.900. The number of nitrogens with zero attached hydrogens (tertiary/aromatic N) is 4. The fourth-order valence-corrected chi connectivity index (χ4v) is 6.10. The van der Waals surface area contributed by atoms with Gasteiger partial charge in [-0.3, -0.25) is 9.89 Å². The number of amides is 1. The third-order valence-electron chi connectivity index (χ3n) is 6.84. The number of hydrogen-bond acceptors (Lipinski definition) is 7. The highest BCUT2D eigenvalue weighted by Crippen LogP contribution is 2.40. The largest absolute Gasteiger partial charge is 0.378 e. The number of carbonyl (C=O) groups excluding carboxylic acids is 1. The van der Waals surface area contributed by atoms with Gasteiger partial charge in [-0.2, -0.15) is 5.10 Å². The summed E-state index contributed by atoms with van der Waals surface area (Å²) < 4.78 is 0. The lowest BCUT2D eigenvalue weighted by Gasteiger charge is -2.22. The molecule has 36 heavy (non-hydrogen) atoms. The van der Waals surface area contributed by atoms with E-state index in [1.165, 1.54) is 10.4 Å². The predicted molar refractivity (Wildman–Crippen MR) is 145 cm³/mol. The Kier molecular flexibility index (Phi) is 5.77. The minimum absolute atomic E-state index is 0.0283. The first kappa shape index (κ1) is 22.5. The number of carbonyl (C=O) groups is 1. The van der Waals surface area contributed by atoms with Crippen molar-refractivity contribution in [1.82, 2.24) is 25.5 Å². The van der Waals surface area contributed by atoms with Crippen molar-refractivity contribution in [2.75, 3.05) is 24.3 Å². The number of H-pyrrole nitrogens is 1. The third kappa shape index (κ3) is 4.26. The quantitative estimate of drug-likeness (QED) is 0.312. The standard InChI is InChI=1S/C27H27N7OS/c1-34(2)20-7-3-16(4-8-20)13-28-26(35)17-5-9-21-23(12-17)36-27-24(21)25(29-15-30-27)32-19-6-10-22-18(11-19)14-31-33-22/h3-4,6-8,10-11,14-15,17H,5,9,12-13H2,1-2H3,(H,28,35)(H,31,33)(H,29,30,32). The number of benzene rings is 2. The van der Waals surface area contributed by atoms with Crippen molar-refractivity contribution in [3.63, 3.8) is 0 Å². The topological polar surface area (TPSA) is 98.8 Å². The molecule has 5 aromatic rings. The molecule has 1 aliphatic rings. The Morgan fingerprint density at radius 1 is 1.17 bits per heavy atom. The fraction of sp³-hybridized carbons (Fsp3) is 0.259. The average Bonchev–Trinajstić information content (AvgIpc) is 3.51. The Labute approximate surface area is 212 Å². The monoisotopic (exact) mass is 497 g/mol. The van der Waals surface area contributed by atoms with E-state index < -0.39 is 0 Å². The number of rotatable bonds is 6. The summed E-state index contributed by atoms with van der Waals surface area (Å²) in [7, 11) is 4.04. The maximum atomic E-state index is 13.0. The Morgan fingerprint density at radius 3 is 2.86 bits per heavy atom. The molecule has 182 valence electrons. The minimum atomic E-state index is -0.0283. The summed E-state index contributed by atoms with van der Waals surface area (Å²) in [4.78, 5) is 26.4. The highest BCUT2D eigenvalue weighted by Gasteiger charge is 2.29. The van der Waals surface area contributed by atoms with Gasteiger partial charge in [0.1, 0.15) is 17.0 Å². The molecule has 1 unspecified atom stereocenters. The molecule has 0 fully saturated rings. The Morgan fingerprint density at radius 2 is 2.03 bits per heavy atom. The molecule has 2 aromatic carbocycles. The lowest BCUT2D eigenvalue weighted by atomic mass is 9.87. The molecule has 0 radical (unpaired) electrons. The molecule has 3 heterocycles. The fourth-order valence-electron chi connectivity index (χ4n) is 4.83. The van der Waals surface area contributed by atoms with Crippen molar-refractivity contribution < 1.29 is 4.79 Å². The van der Waals surface area contributed by atoms with Crippen LogP contribution in [0.4, 0.5) is 17.2 Å². The summed E-state index contributed by atoms with van der Waals surface area (Å²) >= 11 is 1.68. The van der Waals surface area contributed by atoms with Crippen LogP contribution in [0.1, 0.15) is 22.4 Å². The van der Waals surface area contributed by atoms with Crippen molar-refractivity contribution >= 4 is 55.6 Å². The summed E-state index contributed by atoms with van der Waals surface area (Å²) in [6.07, 6.45) is 5.82. The highest BCUT2D eigenvalue weighted by molar-refractivity contribution is 7.19. The summed E-state index contributed by atoms with van der Waals surface area (Å²) in [5, 5.41) is 15.8. The van der Waals surface area contributed by atoms with Crippen LogP contribution in [0.15, 0.2) is 55.0 Å². The van der Waals surface area contributed by atoms with Crippen LogP contribution in [0.5, 0.6) is 0 Å². The normalized spacial score (nSPS) is 15.1. The number of aryl methyl sites for hydroxylation is 1. The molecule has 0 bridgehead atoms. The summed E-state index contributed by atoms with van der Waals surface area (Å²) in [6, 6.07) is 14.4. The number of aromatic amines is 1. The zero-order valence-electron chi connectivity index (χ0n) is 20.2. The van der Waals surface area contributed by atoms with E-state index in [4.69, 9.17) is 0 Å². The van der Waals surface area contributed by atoms with Gasteiger partial charge in [0, 0.05) is 48.2 Å². The molecule has 1 amide bonds. The van der Waals surface area contributed by atoms with Gasteiger partial charge in [-0.05, 0) is 60.7 Å². The predicted octanol–water partition coefficient (Wildman–Crippen LogP) is 4.80. The zero-order valence-corrected chi connectivity index (χ0v) is 21.0. The van der Waals surface area contributed by atoms with Crippen LogP contribution in [0.25, 0.3) is 21.1 Å². The molecular weight excluding hydrogens is 470 g/mol. The number of anilines is 3. The Bertz CT molecular complexity index is 1550. The zero-order chi connectivity index (χ0) is 24.6. The van der Waals surface area contributed by atoms with E-state index in [0.29, 0.717) is 6.54 Å². The van der Waals surface area contributed by atoms with Gasteiger partial charge in [-0.25, -0.2) is 9.97 Å². The van der Waals surface area contributed by atoms with Crippen molar-refractivity contribution in [3.8, 4) is 0 Å². The van der Waals surface area contributed by atoms with Crippen molar-refractivity contribution in [2.24, 2.45) is 5.92 Å². The van der Waals surface area contributed by atoms with E-state index in [-0.39, 0.29) is 11.8 Å². The van der Waals surface area contributed by atoms with Gasteiger partial charge < -0.3 is 15.5 Å². The number of hydrogen-bond donors (Lipinski definition) is 3. The Hall–Kier alpha value is -3.98. The first-order chi connectivity index (χ1) is 17.5. The van der Waals surface area contributed by atoms with Crippen LogP contribution in [-0.2, 0) is 24.2 Å². The molecule has 0 spiro atoms. The van der Waals surface area contributed by atoms with Crippen LogP contribution in [0, 0.1) is 5.92 Å². The van der Waals surface area contributed by atoms with Crippen LogP contribution in [0.2, 0.25) is 0 Å². The second-order valence-electron chi connectivity index (χ2n) is 9.42. The van der Waals surface area contributed by atoms with E-state index in [1.54, 1.807) is 17.7 Å². The second kappa shape index (κ2) is 9.23. The van der Waals surface area contributed by atoms with E-state index in [1.807, 2.05) is 32.4 Å². The lowest BCUT2D eigenvalue weighted by Crippen LogP contribution is -2.33. The molecular formula is C27H27N7OS. The summed E-state index contributed by atoms with van der Waals surface area (Å²) in [6.45, 7) is 0.545. The van der Waals surface area contributed by atoms with Gasteiger partial charge in [0.05, 0.1) is 17.1 Å². The minimum Gasteiger partial charge on any atom is -0.378 e. The molecule has 1 atom stereocenters. The molecule has 3 aromatic heterocycles. The van der Waals surface area contributed by atoms with Crippen LogP contribution in [0.3, 0.4) is 0 Å². The van der Waals surface area contributed by atoms with Gasteiger partial charge in [-0.15, -0.1) is 11.3 Å². The van der Waals surface area contributed by atoms with Crippen molar-refractivity contribution in [1.29, 1.82) is 0 Å². The highest BCUT2D eigenvalue weighted by atomic mass is 32.1. The molecule has 0 saturated carbocycles. The molecule has 3 N–H and O–H groups in total. The van der Waals surface area contributed by atoms with Crippen LogP contribution < -0.4 is 15.5 Å². The lowest BCUT2D eigenvalue weighted by molar-refractivity contribution is -0.125. The van der Waals surface area contributed by atoms with E-state index in [2.05, 4.69) is 66.0 Å². The van der Waals surface area contributed by atoms with Crippen LogP contribution >= 0.6 is 11.3 Å². The molecule has 8 nitrogen and oxygen atoms in total. The number of nitrogens with one attached hydrogen (secondary N) is 3. The molecule has 1 aliphatic carbocycles. The van der Waals surface area contributed by atoms with Gasteiger partial charge >= 0.3 is 0 Å². The molecule has 9 heteroatoms. The maximum Gasteiger partial charge on any atom is 0.223 e.